The molecular weight excluding hydrogens is 293 g/mol. The third kappa shape index (κ3) is 3.95. The van der Waals surface area contributed by atoms with Gasteiger partial charge in [0.25, 0.3) is 0 Å². The van der Waals surface area contributed by atoms with Crippen LogP contribution >= 0.6 is 23.2 Å². The summed E-state index contributed by atoms with van der Waals surface area (Å²) in [4.78, 5) is 4.35. The smallest absolute Gasteiger partial charge is 0.0637 e. The molecule has 1 heterocycles. The van der Waals surface area contributed by atoms with Crippen LogP contribution in [0.15, 0.2) is 36.5 Å². The zero-order chi connectivity index (χ0) is 14.5. The molecule has 0 aliphatic carbocycles. The molecule has 1 aromatic carbocycles. The number of nitrogens with zero attached hydrogens (tertiary/aromatic N) is 1. The highest BCUT2D eigenvalue weighted by atomic mass is 35.5. The molecule has 1 atom stereocenters. The Kier molecular flexibility index (Phi) is 5.41. The Morgan fingerprint density at radius 3 is 2.35 bits per heavy atom. The van der Waals surface area contributed by atoms with E-state index in [1.165, 1.54) is 5.56 Å². The van der Waals surface area contributed by atoms with E-state index in [1.54, 1.807) is 18.2 Å². The van der Waals surface area contributed by atoms with Gasteiger partial charge in [0.15, 0.2) is 0 Å². The molecule has 1 aromatic heterocycles. The van der Waals surface area contributed by atoms with E-state index in [0.29, 0.717) is 22.9 Å². The molecule has 0 aliphatic heterocycles. The number of pyridine rings is 1. The van der Waals surface area contributed by atoms with Gasteiger partial charge >= 0.3 is 0 Å². The molecule has 0 spiro atoms. The molecule has 0 radical (unpaired) electrons. The van der Waals surface area contributed by atoms with Crippen molar-refractivity contribution in [2.75, 3.05) is 0 Å². The second-order valence-electron chi connectivity index (χ2n) is 4.77. The fourth-order valence-corrected chi connectivity index (χ4v) is 2.61. The van der Waals surface area contributed by atoms with Gasteiger partial charge in [-0.05, 0) is 35.7 Å². The first-order valence-corrected chi connectivity index (χ1v) is 7.40. The number of aliphatic hydroxyl groups is 1. The van der Waals surface area contributed by atoms with Gasteiger partial charge in [-0.3, -0.25) is 4.98 Å². The van der Waals surface area contributed by atoms with Crippen LogP contribution in [0.4, 0.5) is 0 Å². The lowest BCUT2D eigenvalue weighted by molar-refractivity contribution is 0.174. The maximum atomic E-state index is 10.2. The lowest BCUT2D eigenvalue weighted by atomic mass is 10.0. The summed E-state index contributed by atoms with van der Waals surface area (Å²) < 4.78 is 0. The Morgan fingerprint density at radius 2 is 1.80 bits per heavy atom. The van der Waals surface area contributed by atoms with E-state index in [0.717, 1.165) is 17.7 Å². The summed E-state index contributed by atoms with van der Waals surface area (Å²) in [7, 11) is 0. The minimum atomic E-state index is -0.549. The van der Waals surface area contributed by atoms with Crippen molar-refractivity contribution in [2.24, 2.45) is 0 Å². The topological polar surface area (TPSA) is 33.1 Å². The van der Waals surface area contributed by atoms with Crippen LogP contribution < -0.4 is 0 Å². The van der Waals surface area contributed by atoms with Gasteiger partial charge in [-0.25, -0.2) is 0 Å². The first-order chi connectivity index (χ1) is 9.60. The Labute approximate surface area is 129 Å². The van der Waals surface area contributed by atoms with Crippen molar-refractivity contribution >= 4 is 23.2 Å². The van der Waals surface area contributed by atoms with Crippen LogP contribution in [0.2, 0.25) is 10.0 Å². The molecule has 0 saturated heterocycles. The van der Waals surface area contributed by atoms with Crippen molar-refractivity contribution in [3.63, 3.8) is 0 Å². The van der Waals surface area contributed by atoms with E-state index in [4.69, 9.17) is 23.2 Å². The molecule has 0 aliphatic rings. The zero-order valence-electron chi connectivity index (χ0n) is 11.3. The molecule has 1 N–H and O–H groups in total. The predicted octanol–water partition coefficient (Wildman–Crippen LogP) is 4.10. The van der Waals surface area contributed by atoms with Crippen molar-refractivity contribution in [1.29, 1.82) is 0 Å². The maximum Gasteiger partial charge on any atom is 0.0637 e. The molecule has 0 saturated carbocycles. The lowest BCUT2D eigenvalue weighted by Crippen LogP contribution is -2.15. The average molecular weight is 310 g/mol. The standard InChI is InChI=1S/C16H17Cl2NO/c1-2-11-6-7-12(19-10-11)8-13(20)9-14-15(17)4-3-5-16(14)18/h3-7,10,13,20H,2,8-9H2,1H3. The highest BCUT2D eigenvalue weighted by Crippen LogP contribution is 2.26. The average Bonchev–Trinajstić information content (AvgIpc) is 2.44. The van der Waals surface area contributed by atoms with Gasteiger partial charge in [0.05, 0.1) is 6.10 Å². The quantitative estimate of drug-likeness (QED) is 0.902. The molecule has 0 bridgehead atoms. The fourth-order valence-electron chi connectivity index (χ4n) is 2.06. The van der Waals surface area contributed by atoms with Crippen molar-refractivity contribution in [3.8, 4) is 0 Å². The summed E-state index contributed by atoms with van der Waals surface area (Å²) in [6.07, 6.45) is 3.18. The van der Waals surface area contributed by atoms with Gasteiger partial charge < -0.3 is 5.11 Å². The van der Waals surface area contributed by atoms with E-state index in [-0.39, 0.29) is 0 Å². The van der Waals surface area contributed by atoms with E-state index < -0.39 is 6.10 Å². The molecule has 2 aromatic rings. The van der Waals surface area contributed by atoms with Crippen LogP contribution in [-0.2, 0) is 19.3 Å². The summed E-state index contributed by atoms with van der Waals surface area (Å²) >= 11 is 12.2. The molecule has 0 fully saturated rings. The van der Waals surface area contributed by atoms with Crippen molar-refractivity contribution in [3.05, 3.63) is 63.4 Å². The van der Waals surface area contributed by atoms with Gasteiger partial charge in [-0.15, -0.1) is 0 Å². The summed E-state index contributed by atoms with van der Waals surface area (Å²) in [5.41, 5.74) is 2.85. The summed E-state index contributed by atoms with van der Waals surface area (Å²) in [5.74, 6) is 0. The second-order valence-corrected chi connectivity index (χ2v) is 5.59. The Bertz CT molecular complexity index is 549. The van der Waals surface area contributed by atoms with Crippen LogP contribution in [0.5, 0.6) is 0 Å². The molecule has 20 heavy (non-hydrogen) atoms. The third-order valence-electron chi connectivity index (χ3n) is 3.24. The Morgan fingerprint density at radius 1 is 1.10 bits per heavy atom. The van der Waals surface area contributed by atoms with Gasteiger partial charge in [-0.1, -0.05) is 42.3 Å². The Hall–Kier alpha value is -1.09. The van der Waals surface area contributed by atoms with E-state index >= 15 is 0 Å². The lowest BCUT2D eigenvalue weighted by Gasteiger charge is -2.13. The SMILES string of the molecule is CCc1ccc(CC(O)Cc2c(Cl)cccc2Cl)nc1. The molecule has 4 heteroatoms. The minimum Gasteiger partial charge on any atom is -0.392 e. The highest BCUT2D eigenvalue weighted by Gasteiger charge is 2.13. The number of hydrogen-bond donors (Lipinski definition) is 1. The second kappa shape index (κ2) is 7.07. The van der Waals surface area contributed by atoms with Gasteiger partial charge in [0.2, 0.25) is 0 Å². The predicted molar refractivity (Wildman–Crippen MR) is 83.5 cm³/mol. The first-order valence-electron chi connectivity index (χ1n) is 6.65. The maximum absolute atomic E-state index is 10.2. The third-order valence-corrected chi connectivity index (χ3v) is 3.95. The number of halogens is 2. The largest absolute Gasteiger partial charge is 0.392 e. The zero-order valence-corrected chi connectivity index (χ0v) is 12.8. The minimum absolute atomic E-state index is 0.426. The molecule has 2 rings (SSSR count). The number of rotatable bonds is 5. The number of benzene rings is 1. The molecule has 2 nitrogen and oxygen atoms in total. The van der Waals surface area contributed by atoms with Crippen LogP contribution in [-0.4, -0.2) is 16.2 Å². The van der Waals surface area contributed by atoms with Gasteiger partial charge in [-0.2, -0.15) is 0 Å². The van der Waals surface area contributed by atoms with E-state index in [2.05, 4.69) is 11.9 Å². The van der Waals surface area contributed by atoms with Crippen LogP contribution in [0.3, 0.4) is 0 Å². The monoisotopic (exact) mass is 309 g/mol. The highest BCUT2D eigenvalue weighted by molar-refractivity contribution is 6.35. The molecule has 106 valence electrons. The number of hydrogen-bond acceptors (Lipinski definition) is 2. The normalized spacial score (nSPS) is 12.4. The van der Waals surface area contributed by atoms with E-state index in [1.807, 2.05) is 18.3 Å². The fraction of sp³-hybridized carbons (Fsp3) is 0.312. The molecule has 0 amide bonds. The summed E-state index contributed by atoms with van der Waals surface area (Å²) in [6, 6.07) is 9.35. The first kappa shape index (κ1) is 15.3. The van der Waals surface area contributed by atoms with Crippen molar-refractivity contribution < 1.29 is 5.11 Å². The van der Waals surface area contributed by atoms with Gasteiger partial charge in [0.1, 0.15) is 0 Å². The summed E-state index contributed by atoms with van der Waals surface area (Å²) in [6.45, 7) is 2.09. The van der Waals surface area contributed by atoms with Crippen LogP contribution in [0.25, 0.3) is 0 Å². The van der Waals surface area contributed by atoms with Crippen molar-refractivity contribution in [1.82, 2.24) is 4.98 Å². The summed E-state index contributed by atoms with van der Waals surface area (Å²) in [5, 5.41) is 11.4. The van der Waals surface area contributed by atoms with E-state index in [9.17, 15) is 5.11 Å². The van der Waals surface area contributed by atoms with Crippen molar-refractivity contribution in [2.45, 2.75) is 32.3 Å². The Balaban J connectivity index is 2.03. The van der Waals surface area contributed by atoms with Gasteiger partial charge in [0, 0.05) is 34.8 Å². The van der Waals surface area contributed by atoms with Crippen LogP contribution in [0.1, 0.15) is 23.7 Å². The number of aliphatic hydroxyl groups excluding tert-OH is 1. The van der Waals surface area contributed by atoms with Crippen LogP contribution in [0, 0.1) is 0 Å². The molecular formula is C16H17Cl2NO. The number of aryl methyl sites for hydroxylation is 1. The number of aromatic nitrogens is 1. The molecule has 1 unspecified atom stereocenters.